The van der Waals surface area contributed by atoms with Gasteiger partial charge in [-0.05, 0) is 31.1 Å². The Morgan fingerprint density at radius 3 is 2.71 bits per heavy atom. The van der Waals surface area contributed by atoms with Crippen LogP contribution >= 0.6 is 0 Å². The molecule has 0 aromatic carbocycles. The number of hydrogen-bond donors (Lipinski definition) is 1. The van der Waals surface area contributed by atoms with Gasteiger partial charge in [-0.15, -0.1) is 0 Å². The molecule has 2 atom stereocenters. The second-order valence-corrected chi connectivity index (χ2v) is 5.15. The van der Waals surface area contributed by atoms with Gasteiger partial charge in [0, 0.05) is 0 Å². The van der Waals surface area contributed by atoms with E-state index in [4.69, 9.17) is 5.11 Å². The molecule has 0 fully saturated rings. The van der Waals surface area contributed by atoms with E-state index in [9.17, 15) is 4.79 Å². The third-order valence-electron chi connectivity index (χ3n) is 3.46. The number of allylic oxidation sites excluding steroid dienone is 2. The summed E-state index contributed by atoms with van der Waals surface area (Å²) in [4.78, 5) is 11.0. The average molecular weight is 196 g/mol. The van der Waals surface area contributed by atoms with Gasteiger partial charge >= 0.3 is 5.97 Å². The topological polar surface area (TPSA) is 37.3 Å². The third kappa shape index (κ3) is 2.17. The largest absolute Gasteiger partial charge is 0.481 e. The molecule has 14 heavy (non-hydrogen) atoms. The van der Waals surface area contributed by atoms with E-state index >= 15 is 0 Å². The van der Waals surface area contributed by atoms with Crippen molar-refractivity contribution < 1.29 is 9.90 Å². The van der Waals surface area contributed by atoms with Gasteiger partial charge in [0.1, 0.15) is 0 Å². The highest BCUT2D eigenvalue weighted by atomic mass is 16.4. The highest BCUT2D eigenvalue weighted by molar-refractivity contribution is 5.70. The molecule has 0 radical (unpaired) electrons. The van der Waals surface area contributed by atoms with E-state index in [1.54, 1.807) is 0 Å². The average Bonchev–Trinajstić information content (AvgIpc) is 2.08. The van der Waals surface area contributed by atoms with Crippen molar-refractivity contribution in [3.05, 3.63) is 11.6 Å². The predicted molar refractivity (Wildman–Crippen MR) is 57.1 cm³/mol. The van der Waals surface area contributed by atoms with Gasteiger partial charge in [-0.1, -0.05) is 32.4 Å². The third-order valence-corrected chi connectivity index (χ3v) is 3.46. The van der Waals surface area contributed by atoms with Crippen LogP contribution in [0.2, 0.25) is 0 Å². The first-order valence-electron chi connectivity index (χ1n) is 5.24. The lowest BCUT2D eigenvalue weighted by molar-refractivity contribution is -0.143. The van der Waals surface area contributed by atoms with Gasteiger partial charge in [0.15, 0.2) is 0 Å². The zero-order chi connectivity index (χ0) is 10.9. The maximum absolute atomic E-state index is 11.0. The lowest BCUT2D eigenvalue weighted by Gasteiger charge is -2.39. The highest BCUT2D eigenvalue weighted by Crippen LogP contribution is 2.43. The molecule has 0 saturated heterocycles. The first kappa shape index (κ1) is 11.3. The quantitative estimate of drug-likeness (QED) is 0.689. The number of carboxylic acid groups (broad SMARTS) is 1. The Morgan fingerprint density at radius 2 is 2.21 bits per heavy atom. The minimum atomic E-state index is -0.686. The monoisotopic (exact) mass is 196 g/mol. The maximum Gasteiger partial charge on any atom is 0.306 e. The van der Waals surface area contributed by atoms with Crippen molar-refractivity contribution >= 4 is 5.97 Å². The fourth-order valence-corrected chi connectivity index (χ4v) is 2.28. The Labute approximate surface area is 86.0 Å². The second-order valence-electron chi connectivity index (χ2n) is 5.15. The van der Waals surface area contributed by atoms with Crippen LogP contribution in [0.1, 0.15) is 40.5 Å². The fraction of sp³-hybridized carbons (Fsp3) is 0.750. The molecule has 0 bridgehead atoms. The second kappa shape index (κ2) is 3.76. The number of aliphatic carboxylic acids is 1. The molecule has 80 valence electrons. The first-order valence-corrected chi connectivity index (χ1v) is 5.24. The standard InChI is InChI=1S/C12H20O2/c1-8-5-6-12(3,4)10(7-8)9(2)11(13)14/h7,9-10H,5-6H2,1-4H3,(H,13,14). The van der Waals surface area contributed by atoms with Crippen LogP contribution in [0.25, 0.3) is 0 Å². The molecule has 0 amide bonds. The van der Waals surface area contributed by atoms with Crippen LogP contribution in [0.3, 0.4) is 0 Å². The Balaban J connectivity index is 2.92. The molecule has 0 aromatic heterocycles. The van der Waals surface area contributed by atoms with E-state index in [1.165, 1.54) is 5.57 Å². The number of hydrogen-bond acceptors (Lipinski definition) is 1. The smallest absolute Gasteiger partial charge is 0.306 e. The summed E-state index contributed by atoms with van der Waals surface area (Å²) >= 11 is 0. The van der Waals surface area contributed by atoms with E-state index in [1.807, 2.05) is 6.92 Å². The van der Waals surface area contributed by atoms with E-state index in [0.717, 1.165) is 12.8 Å². The molecule has 1 aliphatic rings. The van der Waals surface area contributed by atoms with Crippen LogP contribution < -0.4 is 0 Å². The van der Waals surface area contributed by atoms with Crippen molar-refractivity contribution in [3.63, 3.8) is 0 Å². The number of carboxylic acids is 1. The molecule has 2 unspecified atom stereocenters. The van der Waals surface area contributed by atoms with Crippen molar-refractivity contribution in [2.75, 3.05) is 0 Å². The van der Waals surface area contributed by atoms with Gasteiger partial charge < -0.3 is 5.11 Å². The van der Waals surface area contributed by atoms with Crippen LogP contribution in [0.15, 0.2) is 11.6 Å². The van der Waals surface area contributed by atoms with Gasteiger partial charge in [-0.2, -0.15) is 0 Å². The summed E-state index contributed by atoms with van der Waals surface area (Å²) < 4.78 is 0. The van der Waals surface area contributed by atoms with Gasteiger partial charge in [0.25, 0.3) is 0 Å². The van der Waals surface area contributed by atoms with E-state index in [-0.39, 0.29) is 17.3 Å². The Kier molecular flexibility index (Phi) is 3.03. The Hall–Kier alpha value is -0.790. The van der Waals surface area contributed by atoms with Crippen LogP contribution in [0.4, 0.5) is 0 Å². The predicted octanol–water partition coefficient (Wildman–Crippen LogP) is 3.09. The van der Waals surface area contributed by atoms with Crippen molar-refractivity contribution in [1.29, 1.82) is 0 Å². The van der Waals surface area contributed by atoms with Gasteiger partial charge in [-0.3, -0.25) is 4.79 Å². The van der Waals surface area contributed by atoms with Gasteiger partial charge in [0.2, 0.25) is 0 Å². The van der Waals surface area contributed by atoms with Crippen LogP contribution in [-0.2, 0) is 4.79 Å². The molecule has 0 spiro atoms. The van der Waals surface area contributed by atoms with Crippen LogP contribution in [0, 0.1) is 17.3 Å². The summed E-state index contributed by atoms with van der Waals surface area (Å²) in [5.41, 5.74) is 1.46. The molecule has 0 aromatic rings. The Bertz CT molecular complexity index is 263. The SMILES string of the molecule is CC1=CC(C(C)C(=O)O)C(C)(C)CC1. The summed E-state index contributed by atoms with van der Waals surface area (Å²) in [5.74, 6) is -0.789. The minimum absolute atomic E-state index is 0.122. The van der Waals surface area contributed by atoms with Gasteiger partial charge in [-0.25, -0.2) is 0 Å². The van der Waals surface area contributed by atoms with E-state index < -0.39 is 5.97 Å². The molecule has 1 aliphatic carbocycles. The molecule has 2 nitrogen and oxygen atoms in total. The highest BCUT2D eigenvalue weighted by Gasteiger charge is 2.37. The molecular formula is C12H20O2. The van der Waals surface area contributed by atoms with E-state index in [2.05, 4.69) is 26.8 Å². The molecule has 0 aliphatic heterocycles. The molecule has 0 saturated carbocycles. The van der Waals surface area contributed by atoms with Gasteiger partial charge in [0.05, 0.1) is 5.92 Å². The first-order chi connectivity index (χ1) is 6.34. The van der Waals surface area contributed by atoms with Crippen molar-refractivity contribution in [1.82, 2.24) is 0 Å². The summed E-state index contributed by atoms with van der Waals surface area (Å²) in [7, 11) is 0. The maximum atomic E-state index is 11.0. The van der Waals surface area contributed by atoms with E-state index in [0.29, 0.717) is 0 Å². The van der Waals surface area contributed by atoms with Crippen molar-refractivity contribution in [2.24, 2.45) is 17.3 Å². The van der Waals surface area contributed by atoms with Crippen molar-refractivity contribution in [3.8, 4) is 0 Å². The number of carbonyl (C=O) groups is 1. The molecule has 2 heteroatoms. The van der Waals surface area contributed by atoms with Crippen molar-refractivity contribution in [2.45, 2.75) is 40.5 Å². The number of rotatable bonds is 2. The summed E-state index contributed by atoms with van der Waals surface area (Å²) in [6, 6.07) is 0. The zero-order valence-electron chi connectivity index (χ0n) is 9.50. The summed E-state index contributed by atoms with van der Waals surface area (Å²) in [6.45, 7) is 8.24. The minimum Gasteiger partial charge on any atom is -0.481 e. The lowest BCUT2D eigenvalue weighted by Crippen LogP contribution is -2.34. The fourth-order valence-electron chi connectivity index (χ4n) is 2.28. The summed E-state index contributed by atoms with van der Waals surface area (Å²) in [6.07, 6.45) is 4.36. The summed E-state index contributed by atoms with van der Waals surface area (Å²) in [5, 5.41) is 9.02. The molecular weight excluding hydrogens is 176 g/mol. The zero-order valence-corrected chi connectivity index (χ0v) is 9.50. The molecule has 1 N–H and O–H groups in total. The normalized spacial score (nSPS) is 28.0. The Morgan fingerprint density at radius 1 is 1.64 bits per heavy atom. The molecule has 1 rings (SSSR count). The lowest BCUT2D eigenvalue weighted by atomic mass is 9.66. The van der Waals surface area contributed by atoms with Crippen LogP contribution in [0.5, 0.6) is 0 Å². The molecule has 0 heterocycles. The van der Waals surface area contributed by atoms with Crippen LogP contribution in [-0.4, -0.2) is 11.1 Å².